The lowest BCUT2D eigenvalue weighted by molar-refractivity contribution is -0.140. The Balaban J connectivity index is 2.35. The van der Waals surface area contributed by atoms with Crippen molar-refractivity contribution < 1.29 is 18.7 Å². The number of nitrogens with one attached hydrogen (secondary N) is 1. The highest BCUT2D eigenvalue weighted by atomic mass is 19.1. The summed E-state index contributed by atoms with van der Waals surface area (Å²) in [6, 6.07) is 6.08. The molecule has 0 aliphatic rings. The second-order valence-corrected chi connectivity index (χ2v) is 3.44. The maximum atomic E-state index is 13.2. The van der Waals surface area contributed by atoms with E-state index in [0.717, 1.165) is 0 Å². The minimum absolute atomic E-state index is 0.0339. The normalized spacial score (nSPS) is 9.76. The van der Waals surface area contributed by atoms with Gasteiger partial charge in [0.15, 0.2) is 0 Å². The van der Waals surface area contributed by atoms with Crippen molar-refractivity contribution in [2.45, 2.75) is 12.8 Å². The summed E-state index contributed by atoms with van der Waals surface area (Å²) >= 11 is 0. The summed E-state index contributed by atoms with van der Waals surface area (Å²) in [4.78, 5) is 22.2. The van der Waals surface area contributed by atoms with E-state index in [2.05, 4.69) is 10.1 Å². The number of carbonyl (C=O) groups excluding carboxylic acids is 2. The van der Waals surface area contributed by atoms with Crippen LogP contribution in [-0.2, 0) is 20.7 Å². The molecule has 1 rings (SSSR count). The lowest BCUT2D eigenvalue weighted by Crippen LogP contribution is -2.28. The van der Waals surface area contributed by atoms with Gasteiger partial charge in [0.1, 0.15) is 5.82 Å². The molecule has 5 heteroatoms. The molecular weight excluding hydrogens is 225 g/mol. The molecule has 1 N–H and O–H groups in total. The molecule has 0 spiro atoms. The Bertz CT molecular complexity index is 406. The van der Waals surface area contributed by atoms with Crippen molar-refractivity contribution in [2.75, 3.05) is 13.7 Å². The van der Waals surface area contributed by atoms with Crippen molar-refractivity contribution in [1.29, 1.82) is 0 Å². The molecule has 0 aliphatic carbocycles. The highest BCUT2D eigenvalue weighted by Crippen LogP contribution is 2.06. The number of amides is 1. The third-order valence-corrected chi connectivity index (χ3v) is 2.19. The van der Waals surface area contributed by atoms with E-state index in [1.165, 1.54) is 13.2 Å². The van der Waals surface area contributed by atoms with E-state index in [1.807, 2.05) is 0 Å². The number of halogens is 1. The van der Waals surface area contributed by atoms with Crippen LogP contribution in [0.2, 0.25) is 0 Å². The lowest BCUT2D eigenvalue weighted by atomic mass is 10.1. The second kappa shape index (κ2) is 6.62. The molecule has 1 aromatic rings. The van der Waals surface area contributed by atoms with Crippen LogP contribution in [0.1, 0.15) is 12.0 Å². The van der Waals surface area contributed by atoms with Crippen LogP contribution in [0.3, 0.4) is 0 Å². The van der Waals surface area contributed by atoms with Crippen LogP contribution in [0, 0.1) is 5.82 Å². The monoisotopic (exact) mass is 239 g/mol. The number of hydrogen-bond acceptors (Lipinski definition) is 3. The van der Waals surface area contributed by atoms with Crippen molar-refractivity contribution in [3.05, 3.63) is 35.6 Å². The molecule has 0 saturated carbocycles. The molecule has 0 bridgehead atoms. The topological polar surface area (TPSA) is 55.4 Å². The molecule has 92 valence electrons. The Morgan fingerprint density at radius 2 is 2.06 bits per heavy atom. The lowest BCUT2D eigenvalue weighted by Gasteiger charge is -2.05. The molecule has 1 amide bonds. The fourth-order valence-corrected chi connectivity index (χ4v) is 1.28. The highest BCUT2D eigenvalue weighted by Gasteiger charge is 2.07. The summed E-state index contributed by atoms with van der Waals surface area (Å²) in [5.74, 6) is -1.12. The van der Waals surface area contributed by atoms with Gasteiger partial charge >= 0.3 is 5.97 Å². The molecule has 0 unspecified atom stereocenters. The Hall–Kier alpha value is -1.91. The van der Waals surface area contributed by atoms with Crippen molar-refractivity contribution in [3.8, 4) is 0 Å². The molecule has 0 aliphatic heterocycles. The zero-order valence-corrected chi connectivity index (χ0v) is 9.53. The summed E-state index contributed by atoms with van der Waals surface area (Å²) in [6.45, 7) is 0.194. The van der Waals surface area contributed by atoms with E-state index in [-0.39, 0.29) is 25.3 Å². The van der Waals surface area contributed by atoms with Crippen LogP contribution >= 0.6 is 0 Å². The van der Waals surface area contributed by atoms with Crippen LogP contribution in [0.25, 0.3) is 0 Å². The first-order chi connectivity index (χ1) is 8.13. The van der Waals surface area contributed by atoms with Crippen LogP contribution in [-0.4, -0.2) is 25.5 Å². The predicted molar refractivity (Wildman–Crippen MR) is 59.7 cm³/mol. The number of methoxy groups -OCH3 is 1. The Morgan fingerprint density at radius 3 is 2.71 bits per heavy atom. The Labute approximate surface area is 98.8 Å². The maximum Gasteiger partial charge on any atom is 0.307 e. The molecule has 0 aromatic heterocycles. The molecule has 0 atom stereocenters. The smallest absolute Gasteiger partial charge is 0.307 e. The third-order valence-electron chi connectivity index (χ3n) is 2.19. The third kappa shape index (κ3) is 4.63. The molecule has 0 heterocycles. The fourth-order valence-electron chi connectivity index (χ4n) is 1.28. The van der Waals surface area contributed by atoms with Gasteiger partial charge in [0.2, 0.25) is 5.91 Å². The molecule has 0 saturated heterocycles. The van der Waals surface area contributed by atoms with Gasteiger partial charge in [0.25, 0.3) is 0 Å². The maximum absolute atomic E-state index is 13.2. The van der Waals surface area contributed by atoms with Gasteiger partial charge in [-0.25, -0.2) is 4.39 Å². The number of rotatable bonds is 5. The minimum atomic E-state index is -0.407. The Morgan fingerprint density at radius 1 is 1.35 bits per heavy atom. The first-order valence-corrected chi connectivity index (χ1v) is 5.20. The number of benzene rings is 1. The molecule has 0 fully saturated rings. The van der Waals surface area contributed by atoms with Crippen LogP contribution in [0.15, 0.2) is 24.3 Å². The molecule has 1 aromatic carbocycles. The van der Waals surface area contributed by atoms with Crippen molar-refractivity contribution >= 4 is 11.9 Å². The van der Waals surface area contributed by atoms with Crippen molar-refractivity contribution in [2.24, 2.45) is 0 Å². The first kappa shape index (κ1) is 13.2. The predicted octanol–water partition coefficient (Wildman–Crippen LogP) is 1.05. The van der Waals surface area contributed by atoms with Crippen LogP contribution in [0.4, 0.5) is 4.39 Å². The summed E-state index contributed by atoms with van der Waals surface area (Å²) < 4.78 is 17.6. The van der Waals surface area contributed by atoms with E-state index in [0.29, 0.717) is 5.56 Å². The van der Waals surface area contributed by atoms with Crippen molar-refractivity contribution in [3.63, 3.8) is 0 Å². The SMILES string of the molecule is COC(=O)CCNC(=O)Cc1ccccc1F. The van der Waals surface area contributed by atoms with Gasteiger partial charge in [0, 0.05) is 6.54 Å². The van der Waals surface area contributed by atoms with Gasteiger partial charge < -0.3 is 10.1 Å². The summed E-state index contributed by atoms with van der Waals surface area (Å²) in [5.41, 5.74) is 0.336. The van der Waals surface area contributed by atoms with E-state index < -0.39 is 11.8 Å². The zero-order chi connectivity index (χ0) is 12.7. The molecular formula is C12H14FNO3. The van der Waals surface area contributed by atoms with Gasteiger partial charge in [-0.2, -0.15) is 0 Å². The summed E-state index contributed by atoms with van der Waals surface area (Å²) in [7, 11) is 1.28. The standard InChI is InChI=1S/C12H14FNO3/c1-17-12(16)6-7-14-11(15)8-9-4-2-3-5-10(9)13/h2-5H,6-8H2,1H3,(H,14,15). The van der Waals surface area contributed by atoms with E-state index in [4.69, 9.17) is 0 Å². The first-order valence-electron chi connectivity index (χ1n) is 5.20. The van der Waals surface area contributed by atoms with E-state index >= 15 is 0 Å². The van der Waals surface area contributed by atoms with Gasteiger partial charge in [-0.3, -0.25) is 9.59 Å². The summed E-state index contributed by atoms with van der Waals surface area (Å²) in [6.07, 6.45) is 0.0767. The Kier molecular flexibility index (Phi) is 5.13. The quantitative estimate of drug-likeness (QED) is 0.781. The number of carbonyl (C=O) groups is 2. The zero-order valence-electron chi connectivity index (χ0n) is 9.53. The van der Waals surface area contributed by atoms with Gasteiger partial charge in [-0.05, 0) is 11.6 Å². The average Bonchev–Trinajstić information content (AvgIpc) is 2.32. The number of hydrogen-bond donors (Lipinski definition) is 1. The van der Waals surface area contributed by atoms with Crippen LogP contribution in [0.5, 0.6) is 0 Å². The average molecular weight is 239 g/mol. The largest absolute Gasteiger partial charge is 0.469 e. The van der Waals surface area contributed by atoms with Crippen molar-refractivity contribution in [1.82, 2.24) is 5.32 Å². The highest BCUT2D eigenvalue weighted by molar-refractivity contribution is 5.79. The second-order valence-electron chi connectivity index (χ2n) is 3.44. The van der Waals surface area contributed by atoms with Gasteiger partial charge in [-0.15, -0.1) is 0 Å². The number of ether oxygens (including phenoxy) is 1. The van der Waals surface area contributed by atoms with E-state index in [9.17, 15) is 14.0 Å². The van der Waals surface area contributed by atoms with Gasteiger partial charge in [-0.1, -0.05) is 18.2 Å². The molecule has 0 radical (unpaired) electrons. The molecule has 17 heavy (non-hydrogen) atoms. The summed E-state index contributed by atoms with van der Waals surface area (Å²) in [5, 5.41) is 2.52. The van der Waals surface area contributed by atoms with Crippen LogP contribution < -0.4 is 5.32 Å². The van der Waals surface area contributed by atoms with Gasteiger partial charge in [0.05, 0.1) is 20.0 Å². The molecule has 4 nitrogen and oxygen atoms in total. The number of esters is 1. The fraction of sp³-hybridized carbons (Fsp3) is 0.333. The minimum Gasteiger partial charge on any atom is -0.469 e. The van der Waals surface area contributed by atoms with E-state index in [1.54, 1.807) is 18.2 Å².